The molecule has 0 aliphatic heterocycles. The molecule has 0 spiro atoms. The van der Waals surface area contributed by atoms with E-state index in [9.17, 15) is 4.79 Å². The van der Waals surface area contributed by atoms with Gasteiger partial charge in [0.05, 0.1) is 31.3 Å². The highest BCUT2D eigenvalue weighted by atomic mass is 16.5. The van der Waals surface area contributed by atoms with E-state index < -0.39 is 6.10 Å². The summed E-state index contributed by atoms with van der Waals surface area (Å²) in [6.45, 7) is 5.60. The topological polar surface area (TPSA) is 87.5 Å². The minimum Gasteiger partial charge on any atom is -0.497 e. The van der Waals surface area contributed by atoms with Gasteiger partial charge in [-0.3, -0.25) is 4.79 Å². The molecular weight excluding hydrogens is 420 g/mol. The third-order valence-electron chi connectivity index (χ3n) is 5.32. The first-order chi connectivity index (χ1) is 15.9. The van der Waals surface area contributed by atoms with Crippen molar-refractivity contribution in [2.24, 2.45) is 0 Å². The van der Waals surface area contributed by atoms with Crippen molar-refractivity contribution in [1.29, 1.82) is 0 Å². The summed E-state index contributed by atoms with van der Waals surface area (Å²) in [6.07, 6.45) is -0.806. The van der Waals surface area contributed by atoms with Gasteiger partial charge in [-0.25, -0.2) is 4.68 Å². The highest BCUT2D eigenvalue weighted by Gasteiger charge is 2.20. The molecule has 2 aromatic carbocycles. The van der Waals surface area contributed by atoms with Crippen LogP contribution in [-0.4, -0.2) is 41.0 Å². The van der Waals surface area contributed by atoms with E-state index in [4.69, 9.17) is 14.2 Å². The van der Waals surface area contributed by atoms with Gasteiger partial charge in [-0.2, -0.15) is 10.1 Å². The molecular formula is C25H26N4O4. The van der Waals surface area contributed by atoms with Crippen LogP contribution >= 0.6 is 0 Å². The maximum Gasteiger partial charge on any atom is 0.265 e. The van der Waals surface area contributed by atoms with Crippen molar-refractivity contribution in [3.63, 3.8) is 0 Å². The number of hydrogen-bond donors (Lipinski definition) is 1. The molecule has 33 heavy (non-hydrogen) atoms. The highest BCUT2D eigenvalue weighted by Crippen LogP contribution is 2.30. The van der Waals surface area contributed by atoms with Crippen LogP contribution in [0.2, 0.25) is 0 Å². The molecule has 4 aromatic rings. The number of carbonyl (C=O) groups excluding carboxylic acids is 1. The van der Waals surface area contributed by atoms with Crippen LogP contribution in [0.3, 0.4) is 0 Å². The summed E-state index contributed by atoms with van der Waals surface area (Å²) in [7, 11) is 3.10. The number of amides is 1. The van der Waals surface area contributed by atoms with Gasteiger partial charge < -0.3 is 19.5 Å². The minimum atomic E-state index is -0.806. The highest BCUT2D eigenvalue weighted by molar-refractivity contribution is 5.95. The Kier molecular flexibility index (Phi) is 6.17. The van der Waals surface area contributed by atoms with Crippen LogP contribution < -0.4 is 19.5 Å². The van der Waals surface area contributed by atoms with Gasteiger partial charge in [0, 0.05) is 17.5 Å². The van der Waals surface area contributed by atoms with Gasteiger partial charge in [-0.1, -0.05) is 18.2 Å². The number of aryl methyl sites for hydroxylation is 2. The number of anilines is 1. The Bertz CT molecular complexity index is 1300. The first-order valence-corrected chi connectivity index (χ1v) is 10.5. The van der Waals surface area contributed by atoms with Gasteiger partial charge in [0.1, 0.15) is 11.5 Å². The number of nitrogens with one attached hydrogen (secondary N) is 1. The van der Waals surface area contributed by atoms with Crippen LogP contribution in [0.15, 0.2) is 54.6 Å². The standard InChI is InChI=1S/C25H26N4O4/c1-15-13-22(27-24-23(15)16(2)28-29(24)18-9-7-6-8-10-18)33-17(3)25(30)26-20-14-19(31-4)11-12-21(20)32-5/h6-14,17H,1-5H3,(H,26,30)/t17-/m1/s1. The Morgan fingerprint density at radius 1 is 1.03 bits per heavy atom. The molecule has 8 nitrogen and oxygen atoms in total. The summed E-state index contributed by atoms with van der Waals surface area (Å²) in [5, 5.41) is 8.46. The molecule has 0 saturated carbocycles. The van der Waals surface area contributed by atoms with Crippen LogP contribution in [0, 0.1) is 13.8 Å². The van der Waals surface area contributed by atoms with E-state index >= 15 is 0 Å². The molecule has 170 valence electrons. The Morgan fingerprint density at radius 2 is 1.79 bits per heavy atom. The van der Waals surface area contributed by atoms with Crippen LogP contribution in [0.4, 0.5) is 5.69 Å². The molecule has 1 N–H and O–H groups in total. The van der Waals surface area contributed by atoms with Gasteiger partial charge in [0.25, 0.3) is 5.91 Å². The number of hydrogen-bond acceptors (Lipinski definition) is 6. The number of methoxy groups -OCH3 is 2. The number of ether oxygens (including phenoxy) is 3. The van der Waals surface area contributed by atoms with Crippen molar-refractivity contribution in [3.8, 4) is 23.1 Å². The van der Waals surface area contributed by atoms with E-state index in [1.165, 1.54) is 7.11 Å². The number of nitrogens with zero attached hydrogens (tertiary/aromatic N) is 3. The lowest BCUT2D eigenvalue weighted by molar-refractivity contribution is -0.122. The van der Waals surface area contributed by atoms with Crippen molar-refractivity contribution >= 4 is 22.6 Å². The van der Waals surface area contributed by atoms with Crippen molar-refractivity contribution in [1.82, 2.24) is 14.8 Å². The Labute approximate surface area is 192 Å². The predicted molar refractivity (Wildman–Crippen MR) is 127 cm³/mol. The molecule has 1 amide bonds. The van der Waals surface area contributed by atoms with Gasteiger partial charge in [-0.15, -0.1) is 0 Å². The van der Waals surface area contributed by atoms with E-state index in [-0.39, 0.29) is 5.91 Å². The molecule has 2 aromatic heterocycles. The van der Waals surface area contributed by atoms with Gasteiger partial charge >= 0.3 is 0 Å². The lowest BCUT2D eigenvalue weighted by Gasteiger charge is -2.16. The average Bonchev–Trinajstić information content (AvgIpc) is 3.16. The molecule has 1 atom stereocenters. The molecule has 0 saturated heterocycles. The number of rotatable bonds is 7. The Morgan fingerprint density at radius 3 is 2.48 bits per heavy atom. The fraction of sp³-hybridized carbons (Fsp3) is 0.240. The average molecular weight is 447 g/mol. The van der Waals surface area contributed by atoms with Crippen molar-refractivity contribution in [2.45, 2.75) is 26.9 Å². The van der Waals surface area contributed by atoms with Gasteiger partial charge in [0.15, 0.2) is 11.8 Å². The van der Waals surface area contributed by atoms with Gasteiger partial charge in [0.2, 0.25) is 5.88 Å². The zero-order valence-electron chi connectivity index (χ0n) is 19.2. The largest absolute Gasteiger partial charge is 0.497 e. The van der Waals surface area contributed by atoms with Crippen LogP contribution in [-0.2, 0) is 4.79 Å². The first kappa shape index (κ1) is 22.1. The number of para-hydroxylation sites is 1. The van der Waals surface area contributed by atoms with Crippen LogP contribution in [0.25, 0.3) is 16.7 Å². The van der Waals surface area contributed by atoms with Crippen molar-refractivity contribution in [2.75, 3.05) is 19.5 Å². The summed E-state index contributed by atoms with van der Waals surface area (Å²) in [5.41, 5.74) is 3.92. The van der Waals surface area contributed by atoms with Gasteiger partial charge in [-0.05, 0) is 50.6 Å². The molecule has 4 rings (SSSR count). The van der Waals surface area contributed by atoms with Crippen molar-refractivity contribution in [3.05, 3.63) is 65.9 Å². The molecule has 0 bridgehead atoms. The minimum absolute atomic E-state index is 0.339. The number of fused-ring (bicyclic) bond motifs is 1. The Balaban J connectivity index is 1.61. The quantitative estimate of drug-likeness (QED) is 0.451. The van der Waals surface area contributed by atoms with E-state index in [0.717, 1.165) is 22.3 Å². The van der Waals surface area contributed by atoms with E-state index in [0.29, 0.717) is 28.7 Å². The molecule has 0 unspecified atom stereocenters. The summed E-state index contributed by atoms with van der Waals surface area (Å²) in [4.78, 5) is 17.5. The van der Waals surface area contributed by atoms with Crippen LogP contribution in [0.1, 0.15) is 18.2 Å². The fourth-order valence-electron chi connectivity index (χ4n) is 3.66. The monoisotopic (exact) mass is 446 g/mol. The lowest BCUT2D eigenvalue weighted by atomic mass is 10.1. The number of pyridine rings is 1. The SMILES string of the molecule is COc1ccc(OC)c(NC(=O)[C@@H](C)Oc2cc(C)c3c(C)nn(-c4ccccc4)c3n2)c1. The maximum atomic E-state index is 12.8. The second-order valence-corrected chi connectivity index (χ2v) is 7.62. The van der Waals surface area contributed by atoms with E-state index in [2.05, 4.69) is 15.4 Å². The number of benzene rings is 2. The third kappa shape index (κ3) is 4.45. The summed E-state index contributed by atoms with van der Waals surface area (Å²) in [6, 6.07) is 16.8. The van der Waals surface area contributed by atoms with Crippen molar-refractivity contribution < 1.29 is 19.0 Å². The number of aromatic nitrogens is 3. The molecule has 0 radical (unpaired) electrons. The second kappa shape index (κ2) is 9.20. The predicted octanol–water partition coefficient (Wildman–Crippen LogP) is 4.46. The molecule has 0 fully saturated rings. The second-order valence-electron chi connectivity index (χ2n) is 7.62. The summed E-state index contributed by atoms with van der Waals surface area (Å²) >= 11 is 0. The lowest BCUT2D eigenvalue weighted by Crippen LogP contribution is -2.30. The zero-order valence-corrected chi connectivity index (χ0v) is 19.2. The molecule has 8 heteroatoms. The normalized spacial score (nSPS) is 11.8. The summed E-state index contributed by atoms with van der Waals surface area (Å²) < 4.78 is 18.3. The zero-order chi connectivity index (χ0) is 23.5. The molecule has 0 aliphatic rings. The van der Waals surface area contributed by atoms with E-state index in [1.54, 1.807) is 36.9 Å². The molecule has 0 aliphatic carbocycles. The first-order valence-electron chi connectivity index (χ1n) is 10.5. The van der Waals surface area contributed by atoms with Crippen LogP contribution in [0.5, 0.6) is 17.4 Å². The summed E-state index contributed by atoms with van der Waals surface area (Å²) in [5.74, 6) is 1.13. The Hall–Kier alpha value is -4.07. The molecule has 2 heterocycles. The smallest absolute Gasteiger partial charge is 0.265 e. The number of carbonyl (C=O) groups is 1. The van der Waals surface area contributed by atoms with E-state index in [1.807, 2.05) is 50.2 Å². The third-order valence-corrected chi connectivity index (χ3v) is 5.32. The maximum absolute atomic E-state index is 12.8. The fourth-order valence-corrected chi connectivity index (χ4v) is 3.66.